The van der Waals surface area contributed by atoms with Crippen molar-refractivity contribution >= 4 is 11.9 Å². The minimum absolute atomic E-state index is 0.0532. The molecule has 0 radical (unpaired) electrons. The summed E-state index contributed by atoms with van der Waals surface area (Å²) in [7, 11) is 0. The number of carbonyl (C=O) groups excluding carboxylic acids is 2. The van der Waals surface area contributed by atoms with Crippen LogP contribution in [0.3, 0.4) is 0 Å². The Morgan fingerprint density at radius 1 is 1.00 bits per heavy atom. The molecule has 0 aliphatic rings. The van der Waals surface area contributed by atoms with E-state index in [-0.39, 0.29) is 17.9 Å². The highest BCUT2D eigenvalue weighted by Gasteiger charge is 2.35. The van der Waals surface area contributed by atoms with Gasteiger partial charge in [-0.1, -0.05) is 18.2 Å². The monoisotopic (exact) mass is 338 g/mol. The van der Waals surface area contributed by atoms with Crippen LogP contribution in [0.5, 0.6) is 5.75 Å². The van der Waals surface area contributed by atoms with Crippen LogP contribution >= 0.6 is 0 Å². The first-order valence-electron chi connectivity index (χ1n) is 6.98. The van der Waals surface area contributed by atoms with Crippen molar-refractivity contribution in [2.45, 2.75) is 13.1 Å². The van der Waals surface area contributed by atoms with Gasteiger partial charge >= 0.3 is 18.1 Å². The largest absolute Gasteiger partial charge is 0.462 e. The summed E-state index contributed by atoms with van der Waals surface area (Å²) < 4.78 is 48.6. The highest BCUT2D eigenvalue weighted by atomic mass is 19.4. The Balaban J connectivity index is 2.25. The van der Waals surface area contributed by atoms with E-state index in [1.54, 1.807) is 6.92 Å². The van der Waals surface area contributed by atoms with E-state index in [2.05, 4.69) is 0 Å². The summed E-state index contributed by atoms with van der Waals surface area (Å²) in [5, 5.41) is 0. The van der Waals surface area contributed by atoms with E-state index in [4.69, 9.17) is 9.47 Å². The molecule has 24 heavy (non-hydrogen) atoms. The van der Waals surface area contributed by atoms with E-state index < -0.39 is 29.2 Å². The second-order valence-electron chi connectivity index (χ2n) is 4.68. The van der Waals surface area contributed by atoms with Gasteiger partial charge in [-0.3, -0.25) is 0 Å². The SMILES string of the molecule is CCOC(=O)c1cccc(OC(=O)c2ccccc2C(F)(F)F)c1. The topological polar surface area (TPSA) is 52.6 Å². The maximum atomic E-state index is 12.9. The molecule has 0 amide bonds. The maximum absolute atomic E-state index is 12.9. The van der Waals surface area contributed by atoms with E-state index in [0.29, 0.717) is 0 Å². The van der Waals surface area contributed by atoms with Gasteiger partial charge in [0.05, 0.1) is 23.3 Å². The number of rotatable bonds is 4. The first kappa shape index (κ1) is 17.5. The zero-order valence-electron chi connectivity index (χ0n) is 12.6. The highest BCUT2D eigenvalue weighted by Crippen LogP contribution is 2.32. The third-order valence-electron chi connectivity index (χ3n) is 3.01. The lowest BCUT2D eigenvalue weighted by Gasteiger charge is -2.12. The highest BCUT2D eigenvalue weighted by molar-refractivity contribution is 5.94. The molecule has 2 aromatic rings. The Labute approximate surface area is 135 Å². The summed E-state index contributed by atoms with van der Waals surface area (Å²) in [6, 6.07) is 9.78. The minimum Gasteiger partial charge on any atom is -0.462 e. The molecule has 0 aliphatic heterocycles. The second-order valence-corrected chi connectivity index (χ2v) is 4.68. The Hall–Kier alpha value is -2.83. The molecule has 0 fully saturated rings. The Morgan fingerprint density at radius 2 is 1.71 bits per heavy atom. The van der Waals surface area contributed by atoms with Crippen LogP contribution in [0.15, 0.2) is 48.5 Å². The minimum atomic E-state index is -4.68. The summed E-state index contributed by atoms with van der Waals surface area (Å²) in [6.45, 7) is 1.80. The van der Waals surface area contributed by atoms with Crippen molar-refractivity contribution in [2.24, 2.45) is 0 Å². The van der Waals surface area contributed by atoms with E-state index in [9.17, 15) is 22.8 Å². The van der Waals surface area contributed by atoms with E-state index >= 15 is 0 Å². The van der Waals surface area contributed by atoms with Gasteiger partial charge in [0.25, 0.3) is 0 Å². The molecular weight excluding hydrogens is 325 g/mol. The molecule has 0 aliphatic carbocycles. The fourth-order valence-corrected chi connectivity index (χ4v) is 1.97. The molecule has 0 heterocycles. The fraction of sp³-hybridized carbons (Fsp3) is 0.176. The van der Waals surface area contributed by atoms with Gasteiger partial charge in [0, 0.05) is 0 Å². The van der Waals surface area contributed by atoms with E-state index in [1.807, 2.05) is 0 Å². The predicted molar refractivity (Wildman–Crippen MR) is 78.8 cm³/mol. The van der Waals surface area contributed by atoms with Crippen molar-refractivity contribution in [3.63, 3.8) is 0 Å². The van der Waals surface area contributed by atoms with Crippen molar-refractivity contribution < 1.29 is 32.2 Å². The van der Waals surface area contributed by atoms with Gasteiger partial charge in [-0.15, -0.1) is 0 Å². The molecule has 0 saturated carbocycles. The number of carbonyl (C=O) groups is 2. The zero-order chi connectivity index (χ0) is 17.7. The Morgan fingerprint density at radius 3 is 2.38 bits per heavy atom. The molecule has 2 aromatic carbocycles. The lowest BCUT2D eigenvalue weighted by molar-refractivity contribution is -0.138. The van der Waals surface area contributed by atoms with E-state index in [1.165, 1.54) is 36.4 Å². The van der Waals surface area contributed by atoms with Gasteiger partial charge in [0.15, 0.2) is 0 Å². The fourth-order valence-electron chi connectivity index (χ4n) is 1.97. The molecule has 0 unspecified atom stereocenters. The number of hydrogen-bond donors (Lipinski definition) is 0. The van der Waals surface area contributed by atoms with Crippen LogP contribution in [-0.2, 0) is 10.9 Å². The van der Waals surface area contributed by atoms with Crippen LogP contribution in [0.4, 0.5) is 13.2 Å². The second kappa shape index (κ2) is 7.16. The standard InChI is InChI=1S/C17H13F3O4/c1-2-23-15(21)11-6-5-7-12(10-11)24-16(22)13-8-3-4-9-14(13)17(18,19)20/h3-10H,2H2,1H3. The Kier molecular flexibility index (Phi) is 5.23. The van der Waals surface area contributed by atoms with Gasteiger partial charge in [0.2, 0.25) is 0 Å². The number of ether oxygens (including phenoxy) is 2. The molecule has 0 spiro atoms. The lowest BCUT2D eigenvalue weighted by atomic mass is 10.1. The molecule has 7 heteroatoms. The van der Waals surface area contributed by atoms with Gasteiger partial charge in [-0.25, -0.2) is 9.59 Å². The van der Waals surface area contributed by atoms with Gasteiger partial charge in [-0.2, -0.15) is 13.2 Å². The number of benzene rings is 2. The summed E-state index contributed by atoms with van der Waals surface area (Å²) in [5.41, 5.74) is -1.56. The van der Waals surface area contributed by atoms with Crippen LogP contribution in [0.1, 0.15) is 33.2 Å². The van der Waals surface area contributed by atoms with Crippen LogP contribution in [0.25, 0.3) is 0 Å². The van der Waals surface area contributed by atoms with Crippen LogP contribution in [0.2, 0.25) is 0 Å². The summed E-state index contributed by atoms with van der Waals surface area (Å²) in [5.74, 6) is -1.84. The van der Waals surface area contributed by atoms with Crippen molar-refractivity contribution in [3.05, 3.63) is 65.2 Å². The first-order valence-corrected chi connectivity index (χ1v) is 6.98. The average molecular weight is 338 g/mol. The first-order chi connectivity index (χ1) is 11.3. The predicted octanol–water partition coefficient (Wildman–Crippen LogP) is 4.10. The molecule has 126 valence electrons. The molecule has 2 rings (SSSR count). The Bertz CT molecular complexity index is 753. The number of hydrogen-bond acceptors (Lipinski definition) is 4. The summed E-state index contributed by atoms with van der Waals surface area (Å²) in [6.07, 6.45) is -4.68. The third kappa shape index (κ3) is 4.13. The van der Waals surface area contributed by atoms with Crippen LogP contribution in [0, 0.1) is 0 Å². The van der Waals surface area contributed by atoms with Crippen molar-refractivity contribution in [3.8, 4) is 5.75 Å². The number of esters is 2. The molecule has 0 bridgehead atoms. The summed E-state index contributed by atoms with van der Waals surface area (Å²) in [4.78, 5) is 23.7. The molecule has 0 aromatic heterocycles. The molecule has 0 atom stereocenters. The normalized spacial score (nSPS) is 11.0. The van der Waals surface area contributed by atoms with Gasteiger partial charge in [-0.05, 0) is 37.3 Å². The molecule has 4 nitrogen and oxygen atoms in total. The number of alkyl halides is 3. The van der Waals surface area contributed by atoms with Crippen molar-refractivity contribution in [2.75, 3.05) is 6.61 Å². The third-order valence-corrected chi connectivity index (χ3v) is 3.01. The zero-order valence-corrected chi connectivity index (χ0v) is 12.6. The summed E-state index contributed by atoms with van der Waals surface area (Å²) >= 11 is 0. The van der Waals surface area contributed by atoms with Crippen LogP contribution in [-0.4, -0.2) is 18.5 Å². The maximum Gasteiger partial charge on any atom is 0.417 e. The lowest BCUT2D eigenvalue weighted by Crippen LogP contribution is -2.17. The van der Waals surface area contributed by atoms with Crippen molar-refractivity contribution in [1.29, 1.82) is 0 Å². The van der Waals surface area contributed by atoms with Gasteiger partial charge in [0.1, 0.15) is 5.75 Å². The van der Waals surface area contributed by atoms with Crippen LogP contribution < -0.4 is 4.74 Å². The average Bonchev–Trinajstić information content (AvgIpc) is 2.54. The van der Waals surface area contributed by atoms with E-state index in [0.717, 1.165) is 12.1 Å². The van der Waals surface area contributed by atoms with Crippen molar-refractivity contribution in [1.82, 2.24) is 0 Å². The molecule has 0 saturated heterocycles. The molecular formula is C17H13F3O4. The molecule has 0 N–H and O–H groups in total. The smallest absolute Gasteiger partial charge is 0.417 e. The quantitative estimate of drug-likeness (QED) is 0.622. The van der Waals surface area contributed by atoms with Gasteiger partial charge < -0.3 is 9.47 Å². The number of halogens is 3.